The number of nitrogens with two attached hydrogens (primary N) is 2. The molecule has 84 valence electrons. The van der Waals surface area contributed by atoms with Crippen LogP contribution in [0, 0.1) is 0 Å². The zero-order valence-corrected chi connectivity index (χ0v) is 7.28. The van der Waals surface area contributed by atoms with Crippen molar-refractivity contribution in [2.45, 2.75) is 12.6 Å². The highest BCUT2D eigenvalue weighted by atomic mass is 19.4. The molecule has 0 saturated carbocycles. The van der Waals surface area contributed by atoms with Crippen molar-refractivity contribution in [2.75, 3.05) is 11.5 Å². The maximum Gasteiger partial charge on any atom is 0.416 e. The second-order valence-corrected chi connectivity index (χ2v) is 2.83. The van der Waals surface area contributed by atoms with Crippen LogP contribution >= 0.6 is 0 Å². The van der Waals surface area contributed by atoms with Gasteiger partial charge in [0.15, 0.2) is 0 Å². The van der Waals surface area contributed by atoms with Gasteiger partial charge in [0.05, 0.1) is 22.5 Å². The lowest BCUT2D eigenvalue weighted by molar-refractivity contribution is -0.139. The SMILES string of the molecule is Nc1ccc(C(F)(F)F)c(C(F)F)c1N. The maximum absolute atomic E-state index is 12.4. The van der Waals surface area contributed by atoms with E-state index in [4.69, 9.17) is 11.5 Å². The Hall–Kier alpha value is -1.53. The minimum absolute atomic E-state index is 0.293. The first-order chi connectivity index (χ1) is 6.75. The number of anilines is 2. The molecule has 0 amide bonds. The zero-order valence-electron chi connectivity index (χ0n) is 7.28. The third-order valence-electron chi connectivity index (χ3n) is 1.84. The van der Waals surface area contributed by atoms with Gasteiger partial charge in [0.2, 0.25) is 0 Å². The smallest absolute Gasteiger partial charge is 0.397 e. The molecule has 1 aromatic carbocycles. The van der Waals surface area contributed by atoms with Crippen molar-refractivity contribution in [3.05, 3.63) is 23.3 Å². The van der Waals surface area contributed by atoms with Crippen LogP contribution < -0.4 is 11.5 Å². The maximum atomic E-state index is 12.4. The molecule has 0 aromatic heterocycles. The van der Waals surface area contributed by atoms with E-state index in [9.17, 15) is 22.0 Å². The Kier molecular flexibility index (Phi) is 2.74. The third-order valence-corrected chi connectivity index (χ3v) is 1.84. The number of halogens is 5. The molecule has 0 spiro atoms. The number of hydrogen-bond acceptors (Lipinski definition) is 2. The number of rotatable bonds is 1. The number of nitrogen functional groups attached to an aromatic ring is 2. The van der Waals surface area contributed by atoms with Crippen molar-refractivity contribution >= 4 is 11.4 Å². The van der Waals surface area contributed by atoms with E-state index in [2.05, 4.69) is 0 Å². The lowest BCUT2D eigenvalue weighted by Crippen LogP contribution is -2.13. The molecule has 15 heavy (non-hydrogen) atoms. The minimum atomic E-state index is -4.87. The summed E-state index contributed by atoms with van der Waals surface area (Å²) in [5.41, 5.74) is 6.49. The third kappa shape index (κ3) is 2.11. The number of alkyl halides is 5. The van der Waals surface area contributed by atoms with Crippen LogP contribution in [-0.4, -0.2) is 0 Å². The molecule has 7 heteroatoms. The predicted octanol–water partition coefficient (Wildman–Crippen LogP) is 2.81. The standard InChI is InChI=1S/C8H7F5N2/c9-7(10)5-3(8(11,12)13)1-2-4(14)6(5)15/h1-2,7H,14-15H2. The highest BCUT2D eigenvalue weighted by Crippen LogP contribution is 2.40. The van der Waals surface area contributed by atoms with Crippen molar-refractivity contribution < 1.29 is 22.0 Å². The lowest BCUT2D eigenvalue weighted by atomic mass is 10.0. The summed E-state index contributed by atoms with van der Waals surface area (Å²) < 4.78 is 61.6. The highest BCUT2D eigenvalue weighted by molar-refractivity contribution is 5.70. The van der Waals surface area contributed by atoms with E-state index in [1.807, 2.05) is 0 Å². The van der Waals surface area contributed by atoms with E-state index in [1.165, 1.54) is 0 Å². The molecular weight excluding hydrogens is 219 g/mol. The molecule has 0 unspecified atom stereocenters. The fourth-order valence-corrected chi connectivity index (χ4v) is 1.14. The van der Waals surface area contributed by atoms with Crippen molar-refractivity contribution in [3.8, 4) is 0 Å². The molecule has 4 N–H and O–H groups in total. The Bertz CT molecular complexity index is 372. The summed E-state index contributed by atoms with van der Waals surface area (Å²) in [4.78, 5) is 0. The van der Waals surface area contributed by atoms with Crippen LogP contribution in [0.3, 0.4) is 0 Å². The molecule has 0 saturated heterocycles. The van der Waals surface area contributed by atoms with E-state index in [0.29, 0.717) is 6.07 Å². The van der Waals surface area contributed by atoms with Gasteiger partial charge >= 0.3 is 6.18 Å². The van der Waals surface area contributed by atoms with Crippen LogP contribution in [0.15, 0.2) is 12.1 Å². The van der Waals surface area contributed by atoms with Crippen LogP contribution in [0.5, 0.6) is 0 Å². The molecule has 0 atom stereocenters. The van der Waals surface area contributed by atoms with Gasteiger partial charge < -0.3 is 11.5 Å². The van der Waals surface area contributed by atoms with Crippen LogP contribution in [0.1, 0.15) is 17.6 Å². The largest absolute Gasteiger partial charge is 0.416 e. The van der Waals surface area contributed by atoms with E-state index < -0.39 is 29.4 Å². The summed E-state index contributed by atoms with van der Waals surface area (Å²) in [6, 6.07) is 1.34. The Balaban J connectivity index is 3.47. The van der Waals surface area contributed by atoms with Crippen molar-refractivity contribution in [2.24, 2.45) is 0 Å². The monoisotopic (exact) mass is 226 g/mol. The van der Waals surface area contributed by atoms with Gasteiger partial charge in [-0.3, -0.25) is 0 Å². The van der Waals surface area contributed by atoms with E-state index in [-0.39, 0.29) is 5.69 Å². The lowest BCUT2D eigenvalue weighted by Gasteiger charge is -2.15. The van der Waals surface area contributed by atoms with Crippen LogP contribution in [-0.2, 0) is 6.18 Å². The van der Waals surface area contributed by atoms with Gasteiger partial charge in [0.25, 0.3) is 6.43 Å². The molecule has 0 bridgehead atoms. The van der Waals surface area contributed by atoms with E-state index >= 15 is 0 Å². The molecule has 0 fully saturated rings. The average Bonchev–Trinajstić information content (AvgIpc) is 2.06. The topological polar surface area (TPSA) is 52.0 Å². The molecule has 0 heterocycles. The quantitative estimate of drug-likeness (QED) is 0.571. The highest BCUT2D eigenvalue weighted by Gasteiger charge is 2.37. The molecule has 1 rings (SSSR count). The van der Waals surface area contributed by atoms with Gasteiger partial charge in [-0.05, 0) is 12.1 Å². The van der Waals surface area contributed by atoms with Gasteiger partial charge in [-0.15, -0.1) is 0 Å². The fourth-order valence-electron chi connectivity index (χ4n) is 1.14. The Morgan fingerprint density at radius 1 is 1.07 bits per heavy atom. The number of hydrogen-bond donors (Lipinski definition) is 2. The summed E-state index contributed by atoms with van der Waals surface area (Å²) in [6.07, 6.45) is -8.18. The van der Waals surface area contributed by atoms with Gasteiger partial charge in [0.1, 0.15) is 0 Å². The molecule has 0 radical (unpaired) electrons. The minimum Gasteiger partial charge on any atom is -0.397 e. The summed E-state index contributed by atoms with van der Waals surface area (Å²) in [5.74, 6) is 0. The van der Waals surface area contributed by atoms with E-state index in [0.717, 1.165) is 6.07 Å². The first-order valence-electron chi connectivity index (χ1n) is 3.78. The second-order valence-electron chi connectivity index (χ2n) is 2.83. The van der Waals surface area contributed by atoms with Crippen LogP contribution in [0.2, 0.25) is 0 Å². The van der Waals surface area contributed by atoms with Crippen molar-refractivity contribution in [1.29, 1.82) is 0 Å². The van der Waals surface area contributed by atoms with Crippen molar-refractivity contribution in [1.82, 2.24) is 0 Å². The summed E-state index contributed by atoms with van der Waals surface area (Å²) in [7, 11) is 0. The van der Waals surface area contributed by atoms with E-state index in [1.54, 1.807) is 0 Å². The average molecular weight is 226 g/mol. The Morgan fingerprint density at radius 3 is 2.00 bits per heavy atom. The zero-order chi connectivity index (χ0) is 11.8. The van der Waals surface area contributed by atoms with Gasteiger partial charge in [-0.25, -0.2) is 8.78 Å². The van der Waals surface area contributed by atoms with Gasteiger partial charge in [-0.2, -0.15) is 13.2 Å². The normalized spacial score (nSPS) is 12.1. The molecule has 2 nitrogen and oxygen atoms in total. The Morgan fingerprint density at radius 2 is 1.60 bits per heavy atom. The molecular formula is C8H7F5N2. The van der Waals surface area contributed by atoms with Gasteiger partial charge in [-0.1, -0.05) is 0 Å². The first kappa shape index (κ1) is 11.5. The first-order valence-corrected chi connectivity index (χ1v) is 3.78. The molecule has 0 aliphatic heterocycles. The van der Waals surface area contributed by atoms with Crippen LogP contribution in [0.4, 0.5) is 33.3 Å². The summed E-state index contributed by atoms with van der Waals surface area (Å²) >= 11 is 0. The Labute approximate surface area is 81.7 Å². The van der Waals surface area contributed by atoms with Crippen molar-refractivity contribution in [3.63, 3.8) is 0 Å². The number of benzene rings is 1. The van der Waals surface area contributed by atoms with Gasteiger partial charge in [0, 0.05) is 0 Å². The molecule has 1 aromatic rings. The predicted molar refractivity (Wildman–Crippen MR) is 45.2 cm³/mol. The summed E-state index contributed by atoms with van der Waals surface area (Å²) in [5, 5.41) is 0. The molecule has 0 aliphatic rings. The summed E-state index contributed by atoms with van der Waals surface area (Å²) in [6.45, 7) is 0. The molecule has 0 aliphatic carbocycles. The van der Waals surface area contributed by atoms with Crippen LogP contribution in [0.25, 0.3) is 0 Å². The second kappa shape index (κ2) is 3.56. The fraction of sp³-hybridized carbons (Fsp3) is 0.250.